The summed E-state index contributed by atoms with van der Waals surface area (Å²) in [4.78, 5) is 11.6. The van der Waals surface area contributed by atoms with Crippen LogP contribution in [0.5, 0.6) is 0 Å². The van der Waals surface area contributed by atoms with Crippen LogP contribution in [-0.4, -0.2) is 30.9 Å². The monoisotopic (exact) mass is 306 g/mol. The maximum Gasteiger partial charge on any atom is 0.234 e. The van der Waals surface area contributed by atoms with Crippen LogP contribution in [0.2, 0.25) is 0 Å². The second kappa shape index (κ2) is 8.27. The number of carbonyl (C=O) groups is 1. The summed E-state index contributed by atoms with van der Waals surface area (Å²) < 4.78 is 11.5. The largest absolute Gasteiger partial charge is 0.368 e. The van der Waals surface area contributed by atoms with Crippen LogP contribution in [0, 0.1) is 5.92 Å². The molecule has 1 heterocycles. The Hall–Kier alpha value is -1.43. The summed E-state index contributed by atoms with van der Waals surface area (Å²) in [6.45, 7) is 5.28. The number of hydrogen-bond donors (Lipinski definition) is 2. The fourth-order valence-electron chi connectivity index (χ4n) is 2.64. The van der Waals surface area contributed by atoms with Gasteiger partial charge in [0.1, 0.15) is 0 Å². The van der Waals surface area contributed by atoms with Crippen LogP contribution in [0.4, 0.5) is 0 Å². The molecule has 3 N–H and O–H groups in total. The molecule has 0 bridgehead atoms. The SMILES string of the molecule is CC(C)C[C@H](N[C@H]1CCOC1OCc1ccccc1)C(N)=O. The number of ether oxygens (including phenoxy) is 2. The zero-order chi connectivity index (χ0) is 15.9. The Morgan fingerprint density at radius 3 is 2.77 bits per heavy atom. The molecule has 0 saturated carbocycles. The minimum Gasteiger partial charge on any atom is -0.368 e. The molecule has 1 amide bonds. The van der Waals surface area contributed by atoms with Crippen LogP contribution < -0.4 is 11.1 Å². The summed E-state index contributed by atoms with van der Waals surface area (Å²) in [5, 5.41) is 3.31. The van der Waals surface area contributed by atoms with Gasteiger partial charge in [-0.25, -0.2) is 0 Å². The number of primary amides is 1. The smallest absolute Gasteiger partial charge is 0.234 e. The van der Waals surface area contributed by atoms with Gasteiger partial charge in [-0.3, -0.25) is 10.1 Å². The second-order valence-electron chi connectivity index (χ2n) is 6.18. The molecule has 3 atom stereocenters. The lowest BCUT2D eigenvalue weighted by Crippen LogP contribution is -2.50. The van der Waals surface area contributed by atoms with E-state index in [1.807, 2.05) is 30.3 Å². The van der Waals surface area contributed by atoms with E-state index in [2.05, 4.69) is 19.2 Å². The maximum atomic E-state index is 11.6. The predicted octanol–water partition coefficient (Wildman–Crippen LogP) is 1.81. The van der Waals surface area contributed by atoms with E-state index in [1.54, 1.807) is 0 Å². The van der Waals surface area contributed by atoms with Crippen LogP contribution in [0.15, 0.2) is 30.3 Å². The van der Waals surface area contributed by atoms with Gasteiger partial charge in [0.05, 0.1) is 25.3 Å². The van der Waals surface area contributed by atoms with E-state index in [9.17, 15) is 4.79 Å². The van der Waals surface area contributed by atoms with Gasteiger partial charge in [0.25, 0.3) is 0 Å². The molecule has 0 aliphatic carbocycles. The van der Waals surface area contributed by atoms with Gasteiger partial charge in [-0.1, -0.05) is 44.2 Å². The summed E-state index contributed by atoms with van der Waals surface area (Å²) in [7, 11) is 0. The molecule has 2 rings (SSSR count). The predicted molar refractivity (Wildman–Crippen MR) is 84.9 cm³/mol. The highest BCUT2D eigenvalue weighted by Gasteiger charge is 2.32. The molecule has 1 aliphatic rings. The number of hydrogen-bond acceptors (Lipinski definition) is 4. The molecule has 1 aromatic rings. The molecule has 0 spiro atoms. The van der Waals surface area contributed by atoms with Crippen molar-refractivity contribution in [2.45, 2.75) is 51.7 Å². The molecule has 5 nitrogen and oxygen atoms in total. The third-order valence-corrected chi connectivity index (χ3v) is 3.76. The highest BCUT2D eigenvalue weighted by atomic mass is 16.7. The fourth-order valence-corrected chi connectivity index (χ4v) is 2.64. The third kappa shape index (κ3) is 5.09. The zero-order valence-electron chi connectivity index (χ0n) is 13.3. The standard InChI is InChI=1S/C17H26N2O3/c1-12(2)10-15(16(18)20)19-14-8-9-21-17(14)22-11-13-6-4-3-5-7-13/h3-7,12,14-15,17,19H,8-11H2,1-2H3,(H2,18,20)/t14-,15-,17?/m0/s1. The van der Waals surface area contributed by atoms with Gasteiger partial charge in [-0.2, -0.15) is 0 Å². The molecule has 5 heteroatoms. The van der Waals surface area contributed by atoms with Crippen molar-refractivity contribution in [1.82, 2.24) is 5.32 Å². The van der Waals surface area contributed by atoms with Gasteiger partial charge in [0.2, 0.25) is 5.91 Å². The van der Waals surface area contributed by atoms with Crippen LogP contribution >= 0.6 is 0 Å². The second-order valence-corrected chi connectivity index (χ2v) is 6.18. The summed E-state index contributed by atoms with van der Waals surface area (Å²) in [5.41, 5.74) is 6.59. The van der Waals surface area contributed by atoms with Crippen LogP contribution in [0.25, 0.3) is 0 Å². The first-order chi connectivity index (χ1) is 10.6. The Morgan fingerprint density at radius 2 is 2.14 bits per heavy atom. The lowest BCUT2D eigenvalue weighted by molar-refractivity contribution is -0.133. The minimum atomic E-state index is -0.339. The van der Waals surface area contributed by atoms with Gasteiger partial charge in [-0.15, -0.1) is 0 Å². The number of nitrogens with two attached hydrogens (primary N) is 1. The van der Waals surface area contributed by atoms with Gasteiger partial charge < -0.3 is 15.2 Å². The highest BCUT2D eigenvalue weighted by Crippen LogP contribution is 2.18. The van der Waals surface area contributed by atoms with Crippen LogP contribution in [0.3, 0.4) is 0 Å². The van der Waals surface area contributed by atoms with Crippen molar-refractivity contribution in [3.05, 3.63) is 35.9 Å². The van der Waals surface area contributed by atoms with Gasteiger partial charge in [0, 0.05) is 0 Å². The van der Waals surface area contributed by atoms with Crippen molar-refractivity contribution < 1.29 is 14.3 Å². The van der Waals surface area contributed by atoms with E-state index in [-0.39, 0.29) is 24.3 Å². The Kier molecular flexibility index (Phi) is 6.36. The normalized spacial score (nSPS) is 22.9. The number of nitrogens with one attached hydrogen (secondary N) is 1. The molecular formula is C17H26N2O3. The maximum absolute atomic E-state index is 11.6. The fraction of sp³-hybridized carbons (Fsp3) is 0.588. The third-order valence-electron chi connectivity index (χ3n) is 3.76. The van der Waals surface area contributed by atoms with Gasteiger partial charge in [0.15, 0.2) is 6.29 Å². The lowest BCUT2D eigenvalue weighted by atomic mass is 10.0. The first-order valence-corrected chi connectivity index (χ1v) is 7.88. The summed E-state index contributed by atoms with van der Waals surface area (Å²) in [5.74, 6) is 0.0819. The summed E-state index contributed by atoms with van der Waals surface area (Å²) >= 11 is 0. The Labute approximate surface area is 132 Å². The molecule has 1 fully saturated rings. The Morgan fingerprint density at radius 1 is 1.41 bits per heavy atom. The van der Waals surface area contributed by atoms with E-state index in [1.165, 1.54) is 0 Å². The minimum absolute atomic E-state index is 0.0000350. The van der Waals surface area contributed by atoms with E-state index >= 15 is 0 Å². The van der Waals surface area contributed by atoms with Crippen LogP contribution in [0.1, 0.15) is 32.3 Å². The molecule has 122 valence electrons. The van der Waals surface area contributed by atoms with E-state index in [4.69, 9.17) is 15.2 Å². The topological polar surface area (TPSA) is 73.6 Å². The van der Waals surface area contributed by atoms with Crippen molar-refractivity contribution in [2.75, 3.05) is 6.61 Å². The number of amides is 1. The molecule has 0 radical (unpaired) electrons. The average Bonchev–Trinajstić information content (AvgIpc) is 2.92. The average molecular weight is 306 g/mol. The Bertz CT molecular complexity index is 464. The summed E-state index contributed by atoms with van der Waals surface area (Å²) in [6, 6.07) is 9.63. The molecule has 1 aliphatic heterocycles. The molecule has 1 unspecified atom stereocenters. The molecular weight excluding hydrogens is 280 g/mol. The van der Waals surface area contributed by atoms with Crippen molar-refractivity contribution in [1.29, 1.82) is 0 Å². The van der Waals surface area contributed by atoms with Crippen molar-refractivity contribution in [3.8, 4) is 0 Å². The highest BCUT2D eigenvalue weighted by molar-refractivity contribution is 5.79. The number of rotatable bonds is 8. The van der Waals surface area contributed by atoms with Crippen molar-refractivity contribution >= 4 is 5.91 Å². The van der Waals surface area contributed by atoms with Crippen molar-refractivity contribution in [2.24, 2.45) is 11.7 Å². The van der Waals surface area contributed by atoms with E-state index < -0.39 is 0 Å². The first-order valence-electron chi connectivity index (χ1n) is 7.88. The molecule has 1 saturated heterocycles. The van der Waals surface area contributed by atoms with Crippen LogP contribution in [-0.2, 0) is 20.9 Å². The quantitative estimate of drug-likeness (QED) is 0.768. The van der Waals surface area contributed by atoms with Gasteiger partial charge >= 0.3 is 0 Å². The lowest BCUT2D eigenvalue weighted by Gasteiger charge is -2.25. The molecule has 0 aromatic heterocycles. The summed E-state index contributed by atoms with van der Waals surface area (Å²) in [6.07, 6.45) is 1.20. The van der Waals surface area contributed by atoms with E-state index in [0.29, 0.717) is 19.1 Å². The number of benzene rings is 1. The number of carbonyl (C=O) groups excluding carboxylic acids is 1. The van der Waals surface area contributed by atoms with E-state index in [0.717, 1.165) is 18.4 Å². The zero-order valence-corrected chi connectivity index (χ0v) is 13.3. The van der Waals surface area contributed by atoms with Crippen molar-refractivity contribution in [3.63, 3.8) is 0 Å². The first kappa shape index (κ1) is 16.9. The van der Waals surface area contributed by atoms with Gasteiger partial charge in [-0.05, 0) is 24.3 Å². The Balaban J connectivity index is 1.88. The molecule has 22 heavy (non-hydrogen) atoms. The molecule has 1 aromatic carbocycles.